The maximum atomic E-state index is 10.5. The second-order valence-electron chi connectivity index (χ2n) is 7.66. The van der Waals surface area contributed by atoms with E-state index in [0.717, 1.165) is 18.4 Å². The summed E-state index contributed by atoms with van der Waals surface area (Å²) in [6.45, 7) is 0.999. The van der Waals surface area contributed by atoms with Crippen molar-refractivity contribution in [3.8, 4) is 5.88 Å². The van der Waals surface area contributed by atoms with E-state index in [1.165, 1.54) is 27.1 Å². The molecule has 1 aromatic heterocycles. The molecule has 1 atom stereocenters. The van der Waals surface area contributed by atoms with E-state index in [4.69, 9.17) is 4.74 Å². The Kier molecular flexibility index (Phi) is 6.41. The van der Waals surface area contributed by atoms with E-state index in [1.807, 2.05) is 35.6 Å². The first kappa shape index (κ1) is 20.8. The lowest BCUT2D eigenvalue weighted by molar-refractivity contribution is -0.348. The highest BCUT2D eigenvalue weighted by Crippen LogP contribution is 2.28. The third-order valence-corrected chi connectivity index (χ3v) is 5.04. The van der Waals surface area contributed by atoms with Crippen LogP contribution in [0.5, 0.6) is 5.88 Å². The van der Waals surface area contributed by atoms with Crippen molar-refractivity contribution in [3.05, 3.63) is 47.7 Å². The molecule has 1 aliphatic carbocycles. The van der Waals surface area contributed by atoms with Gasteiger partial charge in [-0.2, -0.15) is 5.10 Å². The van der Waals surface area contributed by atoms with Gasteiger partial charge < -0.3 is 25.2 Å². The quantitative estimate of drug-likeness (QED) is 0.317. The summed E-state index contributed by atoms with van der Waals surface area (Å²) in [4.78, 5) is 0. The molecule has 152 valence electrons. The highest BCUT2D eigenvalue weighted by atomic mass is 16.7. The number of nitrogens with zero attached hydrogens (tertiary/aromatic N) is 2. The van der Waals surface area contributed by atoms with E-state index in [9.17, 15) is 20.4 Å². The maximum Gasteiger partial charge on any atom is 0.345 e. The zero-order valence-corrected chi connectivity index (χ0v) is 16.1. The van der Waals surface area contributed by atoms with Crippen molar-refractivity contribution in [2.24, 2.45) is 5.92 Å². The van der Waals surface area contributed by atoms with Crippen LogP contribution in [-0.4, -0.2) is 44.1 Å². The molecule has 1 heterocycles. The first-order valence-electron chi connectivity index (χ1n) is 9.67. The summed E-state index contributed by atoms with van der Waals surface area (Å²) in [7, 11) is 1.28. The molecule has 1 saturated carbocycles. The minimum absolute atomic E-state index is 0.118. The fourth-order valence-electron chi connectivity index (χ4n) is 3.62. The predicted molar refractivity (Wildman–Crippen MR) is 105 cm³/mol. The van der Waals surface area contributed by atoms with Crippen LogP contribution in [0, 0.1) is 5.92 Å². The van der Waals surface area contributed by atoms with Crippen LogP contribution in [0.4, 0.5) is 0 Å². The average Bonchev–Trinajstić information content (AvgIpc) is 3.03. The number of hydrogen-bond acceptors (Lipinski definition) is 7. The van der Waals surface area contributed by atoms with Gasteiger partial charge in [-0.1, -0.05) is 49.6 Å². The topological polar surface area (TPSA) is 120 Å². The van der Waals surface area contributed by atoms with Gasteiger partial charge in [-0.15, -0.1) is 0 Å². The Morgan fingerprint density at radius 2 is 1.79 bits per heavy atom. The fraction of sp³-hybridized carbons (Fsp3) is 0.526. The van der Waals surface area contributed by atoms with Crippen molar-refractivity contribution in [2.45, 2.75) is 57.0 Å². The lowest BCUT2D eigenvalue weighted by Gasteiger charge is -2.28. The van der Waals surface area contributed by atoms with Crippen LogP contribution in [0.2, 0.25) is 0 Å². The number of ether oxygens (including phenoxy) is 1. The molecule has 0 radical (unpaired) electrons. The third-order valence-electron chi connectivity index (χ3n) is 5.04. The summed E-state index contributed by atoms with van der Waals surface area (Å²) >= 11 is 0. The Hall–Kier alpha value is -1.91. The number of aliphatic hydroxyl groups is 4. The minimum atomic E-state index is -3.23. The van der Waals surface area contributed by atoms with E-state index < -0.39 is 11.7 Å². The van der Waals surface area contributed by atoms with Crippen LogP contribution < -0.4 is 10.1 Å². The molecular weight excluding hydrogens is 361 g/mol. The molecule has 8 nitrogen and oxygen atoms in total. The lowest BCUT2D eigenvalue weighted by atomic mass is 9.88. The van der Waals surface area contributed by atoms with Gasteiger partial charge in [0.25, 0.3) is 0 Å². The van der Waals surface area contributed by atoms with Crippen LogP contribution in [-0.2, 0) is 18.8 Å². The van der Waals surface area contributed by atoms with Gasteiger partial charge in [0.15, 0.2) is 7.85 Å². The molecule has 2 aromatic rings. The number of rotatable bonds is 8. The second kappa shape index (κ2) is 8.63. The molecule has 1 unspecified atom stereocenters. The number of hydrogen-bond donors (Lipinski definition) is 5. The number of nitrogens with one attached hydrogen (secondary N) is 1. The van der Waals surface area contributed by atoms with Gasteiger partial charge in [-0.25, -0.2) is 10.00 Å². The second-order valence-corrected chi connectivity index (χ2v) is 7.66. The fourth-order valence-corrected chi connectivity index (χ4v) is 3.62. The van der Waals surface area contributed by atoms with E-state index >= 15 is 0 Å². The van der Waals surface area contributed by atoms with Crippen molar-refractivity contribution < 1.29 is 25.2 Å². The van der Waals surface area contributed by atoms with Gasteiger partial charge in [0.05, 0.1) is 0 Å². The SMILES string of the molecule is BC(O)(NC(O)(O)O)c1cc(OCc2ccccc2)n(CC2CCCCC2)n1. The largest absolute Gasteiger partial charge is 0.473 e. The standard InChI is InChI=1S/C19H28BN3O5/c20-18(24,22-19(25,26)27)16-11-17(28-13-15-9-5-2-6-10-15)23(21-16)12-14-7-3-1-4-8-14/h2,5-6,9-11,14,22,24-27H,1,3-4,7-8,12-13,20H2. The summed E-state index contributed by atoms with van der Waals surface area (Å²) in [6, 6.07) is 11.3. The first-order valence-corrected chi connectivity index (χ1v) is 9.67. The monoisotopic (exact) mass is 389 g/mol. The Morgan fingerprint density at radius 1 is 1.11 bits per heavy atom. The molecule has 1 aromatic carbocycles. The number of aromatic nitrogens is 2. The van der Waals surface area contributed by atoms with E-state index in [-0.39, 0.29) is 5.69 Å². The van der Waals surface area contributed by atoms with Crippen LogP contribution >= 0.6 is 0 Å². The molecule has 1 aliphatic rings. The van der Waals surface area contributed by atoms with Crippen molar-refractivity contribution in [3.63, 3.8) is 0 Å². The molecule has 5 N–H and O–H groups in total. The average molecular weight is 389 g/mol. The molecule has 9 heteroatoms. The molecule has 1 fully saturated rings. The molecule has 0 aliphatic heterocycles. The van der Waals surface area contributed by atoms with Crippen LogP contribution in [0.3, 0.4) is 0 Å². The molecule has 3 rings (SSSR count). The first-order chi connectivity index (χ1) is 13.2. The minimum Gasteiger partial charge on any atom is -0.473 e. The lowest BCUT2D eigenvalue weighted by Crippen LogP contribution is -2.57. The van der Waals surface area contributed by atoms with Crippen LogP contribution in [0.1, 0.15) is 43.4 Å². The Morgan fingerprint density at radius 3 is 2.43 bits per heavy atom. The summed E-state index contributed by atoms with van der Waals surface area (Å²) in [5, 5.41) is 44.4. The van der Waals surface area contributed by atoms with Gasteiger partial charge in [0.2, 0.25) is 5.88 Å². The van der Waals surface area contributed by atoms with E-state index in [2.05, 4.69) is 5.10 Å². The molecule has 0 saturated heterocycles. The Bertz CT molecular complexity index is 755. The number of benzene rings is 1. The molecule has 28 heavy (non-hydrogen) atoms. The normalized spacial score (nSPS) is 18.0. The summed E-state index contributed by atoms with van der Waals surface area (Å²) < 4.78 is 7.65. The zero-order valence-electron chi connectivity index (χ0n) is 16.1. The molecule has 0 spiro atoms. The third kappa shape index (κ3) is 5.79. The van der Waals surface area contributed by atoms with E-state index in [0.29, 0.717) is 24.9 Å². The highest BCUT2D eigenvalue weighted by Gasteiger charge is 2.35. The summed E-state index contributed by atoms with van der Waals surface area (Å²) in [5.41, 5.74) is -0.853. The van der Waals surface area contributed by atoms with Crippen molar-refractivity contribution in [2.75, 3.05) is 0 Å². The van der Waals surface area contributed by atoms with Gasteiger partial charge in [0.1, 0.15) is 17.9 Å². The zero-order chi connectivity index (χ0) is 20.2. The summed E-state index contributed by atoms with van der Waals surface area (Å²) in [6.07, 6.45) is 2.65. The predicted octanol–water partition coefficient (Wildman–Crippen LogP) is -0.0441. The maximum absolute atomic E-state index is 10.5. The van der Waals surface area contributed by atoms with Gasteiger partial charge >= 0.3 is 6.10 Å². The van der Waals surface area contributed by atoms with Crippen LogP contribution in [0.15, 0.2) is 36.4 Å². The van der Waals surface area contributed by atoms with Crippen molar-refractivity contribution in [1.29, 1.82) is 0 Å². The summed E-state index contributed by atoms with van der Waals surface area (Å²) in [5.74, 6) is 0.956. The molecule has 0 amide bonds. The highest BCUT2D eigenvalue weighted by molar-refractivity contribution is 6.14. The van der Waals surface area contributed by atoms with E-state index in [1.54, 1.807) is 10.7 Å². The smallest absolute Gasteiger partial charge is 0.345 e. The van der Waals surface area contributed by atoms with Gasteiger partial charge in [-0.05, 0) is 24.3 Å². The Balaban J connectivity index is 1.81. The van der Waals surface area contributed by atoms with Gasteiger partial charge in [-0.3, -0.25) is 0 Å². The Labute approximate surface area is 165 Å². The van der Waals surface area contributed by atoms with Crippen LogP contribution in [0.25, 0.3) is 0 Å². The molecule has 0 bridgehead atoms. The van der Waals surface area contributed by atoms with Gasteiger partial charge in [0, 0.05) is 12.6 Å². The van der Waals surface area contributed by atoms with Crippen molar-refractivity contribution >= 4 is 7.85 Å². The van der Waals surface area contributed by atoms with Crippen molar-refractivity contribution in [1.82, 2.24) is 15.1 Å². The molecular formula is C19H28BN3O5.